The fraction of sp³-hybridized carbons (Fsp3) is 0.429. The first kappa shape index (κ1) is 18.8. The molecular formula is C21H21F3N2O2. The number of aldehydes is 1. The zero-order valence-electron chi connectivity index (χ0n) is 15.4. The van der Waals surface area contributed by atoms with E-state index in [0.717, 1.165) is 43.4 Å². The SMILES string of the molecule is Cc1ccc(OC2C[C@H]3CC[C@@H](C2)N3c2ccc(C(F)(F)F)cc2C=O)nc1. The average molecular weight is 390 g/mol. The van der Waals surface area contributed by atoms with Crippen LogP contribution in [0.25, 0.3) is 0 Å². The highest BCUT2D eigenvalue weighted by atomic mass is 19.4. The largest absolute Gasteiger partial charge is 0.474 e. The number of fused-ring (bicyclic) bond motifs is 2. The summed E-state index contributed by atoms with van der Waals surface area (Å²) in [5.41, 5.74) is 0.939. The number of rotatable bonds is 4. The molecule has 2 bridgehead atoms. The molecule has 4 nitrogen and oxygen atoms in total. The molecule has 1 aromatic heterocycles. The van der Waals surface area contributed by atoms with Crippen LogP contribution in [0.4, 0.5) is 18.9 Å². The zero-order chi connectivity index (χ0) is 19.9. The zero-order valence-corrected chi connectivity index (χ0v) is 15.4. The van der Waals surface area contributed by atoms with Crippen LogP contribution in [-0.4, -0.2) is 29.5 Å². The van der Waals surface area contributed by atoms with Crippen molar-refractivity contribution in [3.63, 3.8) is 0 Å². The topological polar surface area (TPSA) is 42.4 Å². The van der Waals surface area contributed by atoms with Crippen LogP contribution in [0.2, 0.25) is 0 Å². The van der Waals surface area contributed by atoms with Crippen LogP contribution in [0, 0.1) is 6.92 Å². The molecule has 2 fully saturated rings. The van der Waals surface area contributed by atoms with E-state index < -0.39 is 11.7 Å². The molecule has 4 rings (SSSR count). The van der Waals surface area contributed by atoms with Gasteiger partial charge in [0.1, 0.15) is 6.10 Å². The number of anilines is 1. The maximum absolute atomic E-state index is 13.0. The molecular weight excluding hydrogens is 369 g/mol. The van der Waals surface area contributed by atoms with Crippen molar-refractivity contribution in [3.05, 3.63) is 53.2 Å². The lowest BCUT2D eigenvalue weighted by Gasteiger charge is -2.41. The lowest BCUT2D eigenvalue weighted by molar-refractivity contribution is -0.137. The molecule has 148 valence electrons. The number of nitrogens with zero attached hydrogens (tertiary/aromatic N) is 2. The summed E-state index contributed by atoms with van der Waals surface area (Å²) in [5.74, 6) is 0.589. The second-order valence-corrected chi connectivity index (χ2v) is 7.57. The van der Waals surface area contributed by atoms with Gasteiger partial charge >= 0.3 is 6.18 Å². The summed E-state index contributed by atoms with van der Waals surface area (Å²) < 4.78 is 45.0. The van der Waals surface area contributed by atoms with Gasteiger partial charge in [0.05, 0.1) is 5.56 Å². The summed E-state index contributed by atoms with van der Waals surface area (Å²) in [6.07, 6.45) is 1.21. The minimum absolute atomic E-state index is 0.0121. The molecule has 3 atom stereocenters. The fourth-order valence-corrected chi connectivity index (χ4v) is 4.37. The predicted molar refractivity (Wildman–Crippen MR) is 98.7 cm³/mol. The third-order valence-corrected chi connectivity index (χ3v) is 5.62. The quantitative estimate of drug-likeness (QED) is 0.704. The Bertz CT molecular complexity index is 853. The summed E-state index contributed by atoms with van der Waals surface area (Å²) in [7, 11) is 0. The first-order valence-electron chi connectivity index (χ1n) is 9.39. The molecule has 2 aromatic rings. The van der Waals surface area contributed by atoms with E-state index in [4.69, 9.17) is 4.74 Å². The molecule has 2 aliphatic rings. The van der Waals surface area contributed by atoms with Crippen LogP contribution < -0.4 is 9.64 Å². The van der Waals surface area contributed by atoms with Crippen LogP contribution in [-0.2, 0) is 6.18 Å². The van der Waals surface area contributed by atoms with E-state index in [2.05, 4.69) is 9.88 Å². The van der Waals surface area contributed by atoms with Crippen molar-refractivity contribution in [2.75, 3.05) is 4.90 Å². The maximum Gasteiger partial charge on any atom is 0.416 e. The van der Waals surface area contributed by atoms with Crippen molar-refractivity contribution < 1.29 is 22.7 Å². The van der Waals surface area contributed by atoms with Gasteiger partial charge in [0.25, 0.3) is 0 Å². The molecule has 0 aliphatic carbocycles. The Morgan fingerprint density at radius 3 is 2.43 bits per heavy atom. The van der Waals surface area contributed by atoms with Crippen LogP contribution in [0.3, 0.4) is 0 Å². The maximum atomic E-state index is 13.0. The Labute approximate surface area is 161 Å². The third-order valence-electron chi connectivity index (χ3n) is 5.62. The Balaban J connectivity index is 1.54. The normalized spacial score (nSPS) is 24.3. The smallest absolute Gasteiger partial charge is 0.416 e. The molecule has 1 unspecified atom stereocenters. The average Bonchev–Trinajstić information content (AvgIpc) is 2.92. The number of hydrogen-bond acceptors (Lipinski definition) is 4. The number of carbonyl (C=O) groups is 1. The second-order valence-electron chi connectivity index (χ2n) is 7.57. The van der Waals surface area contributed by atoms with E-state index in [1.54, 1.807) is 6.20 Å². The van der Waals surface area contributed by atoms with Crippen LogP contribution in [0.5, 0.6) is 5.88 Å². The van der Waals surface area contributed by atoms with Crippen LogP contribution >= 0.6 is 0 Å². The lowest BCUT2D eigenvalue weighted by Crippen LogP contribution is -2.47. The van der Waals surface area contributed by atoms with Crippen molar-refractivity contribution in [1.82, 2.24) is 4.98 Å². The number of piperidine rings is 1. The van der Waals surface area contributed by atoms with Crippen LogP contribution in [0.1, 0.15) is 47.2 Å². The number of hydrogen-bond donors (Lipinski definition) is 0. The van der Waals surface area contributed by atoms with Crippen molar-refractivity contribution in [2.24, 2.45) is 0 Å². The first-order chi connectivity index (χ1) is 13.3. The second kappa shape index (κ2) is 7.11. The van der Waals surface area contributed by atoms with E-state index >= 15 is 0 Å². The molecule has 2 saturated heterocycles. The van der Waals surface area contributed by atoms with Crippen molar-refractivity contribution >= 4 is 12.0 Å². The molecule has 1 aromatic carbocycles. The highest BCUT2D eigenvalue weighted by Gasteiger charge is 2.43. The van der Waals surface area contributed by atoms with Gasteiger partial charge in [-0.2, -0.15) is 13.2 Å². The van der Waals surface area contributed by atoms with Gasteiger partial charge in [-0.3, -0.25) is 4.79 Å². The number of carbonyl (C=O) groups excluding carboxylic acids is 1. The number of halogens is 3. The first-order valence-corrected chi connectivity index (χ1v) is 9.39. The molecule has 0 N–H and O–H groups in total. The summed E-state index contributed by atoms with van der Waals surface area (Å²) in [5, 5.41) is 0. The molecule has 0 radical (unpaired) electrons. The van der Waals surface area contributed by atoms with Gasteiger partial charge < -0.3 is 9.64 Å². The van der Waals surface area contributed by atoms with Crippen molar-refractivity contribution in [3.8, 4) is 5.88 Å². The molecule has 28 heavy (non-hydrogen) atoms. The Kier molecular flexibility index (Phi) is 4.77. The van der Waals surface area contributed by atoms with E-state index in [1.165, 1.54) is 6.07 Å². The molecule has 2 aliphatic heterocycles. The Hall–Kier alpha value is -2.57. The Morgan fingerprint density at radius 1 is 1.14 bits per heavy atom. The highest BCUT2D eigenvalue weighted by Crippen LogP contribution is 2.42. The van der Waals surface area contributed by atoms with E-state index in [1.807, 2.05) is 19.1 Å². The van der Waals surface area contributed by atoms with Crippen LogP contribution in [0.15, 0.2) is 36.5 Å². The number of aryl methyl sites for hydroxylation is 1. The standard InChI is InChI=1S/C21H21F3N2O2/c1-13-2-7-20(25-11-13)28-18-9-16-4-5-17(10-18)26(16)19-6-3-15(21(22,23)24)8-14(19)12-27/h2-3,6-8,11-12,16-18H,4-5,9-10H2,1H3/t16-,17+,18?. The van der Waals surface area contributed by atoms with Gasteiger partial charge in [-0.1, -0.05) is 6.07 Å². The van der Waals surface area contributed by atoms with E-state index in [0.29, 0.717) is 17.9 Å². The number of alkyl halides is 3. The monoisotopic (exact) mass is 390 g/mol. The number of pyridine rings is 1. The minimum Gasteiger partial charge on any atom is -0.474 e. The number of benzene rings is 1. The van der Waals surface area contributed by atoms with Gasteiger partial charge in [0.2, 0.25) is 5.88 Å². The van der Waals surface area contributed by atoms with Gasteiger partial charge in [0.15, 0.2) is 6.29 Å². The number of ether oxygens (including phenoxy) is 1. The highest BCUT2D eigenvalue weighted by molar-refractivity contribution is 5.85. The van der Waals surface area contributed by atoms with Crippen molar-refractivity contribution in [2.45, 2.75) is 57.0 Å². The molecule has 0 spiro atoms. The van der Waals surface area contributed by atoms with Gasteiger partial charge in [-0.25, -0.2) is 4.98 Å². The number of aromatic nitrogens is 1. The van der Waals surface area contributed by atoms with Gasteiger partial charge in [-0.05, 0) is 43.5 Å². The van der Waals surface area contributed by atoms with E-state index in [-0.39, 0.29) is 23.8 Å². The molecule has 7 heteroatoms. The lowest BCUT2D eigenvalue weighted by atomic mass is 9.97. The van der Waals surface area contributed by atoms with Crippen molar-refractivity contribution in [1.29, 1.82) is 0 Å². The fourth-order valence-electron chi connectivity index (χ4n) is 4.37. The molecule has 0 saturated carbocycles. The summed E-state index contributed by atoms with van der Waals surface area (Å²) >= 11 is 0. The Morgan fingerprint density at radius 2 is 1.86 bits per heavy atom. The third kappa shape index (κ3) is 3.57. The van der Waals surface area contributed by atoms with Gasteiger partial charge in [0, 0.05) is 48.4 Å². The van der Waals surface area contributed by atoms with E-state index in [9.17, 15) is 18.0 Å². The summed E-state index contributed by atoms with van der Waals surface area (Å²) in [6, 6.07) is 7.52. The molecule has 0 amide bonds. The summed E-state index contributed by atoms with van der Waals surface area (Å²) in [4.78, 5) is 17.9. The predicted octanol–water partition coefficient (Wildman–Crippen LogP) is 4.80. The van der Waals surface area contributed by atoms with Gasteiger partial charge in [-0.15, -0.1) is 0 Å². The minimum atomic E-state index is -4.46. The molecule has 3 heterocycles. The summed E-state index contributed by atoms with van der Waals surface area (Å²) in [6.45, 7) is 1.96.